The standard InChI is InChI=1S/C76H129N5O54/c1-18-39(96)50(107)55(112)71(118-18)134-65-52(109)43(100)28(10-84)121-75(65)131-61-31(13-87)124-68(37(48(61)105)80-23(6)93)117-17-34-45(102)64(133-70-38(81-24(7)94)49(106)62(32(14-88)125-70)132-76-66(53(110)44(101)29(11-85)122-76)135-72-56(113)51(108)40(97)19(2)119-72)58(115)74(127-34)128-59(25(8-82)77-20(3)90)41(98)26(95)16-116-67-36(79-22(5)92)47(104)60(30(12-86)123-67)130-73-57(114)54(111)63(33(15-89)126-73)129-69-35(78-21(4)91)46(103)42(99)27(9-83)120-69/h18-19,25-76,82-89,95-115H,8-17H2,1-7H3,(H,77,90)(H,78,91)(H,79,92)(H,80,93)(H,81,94)/t18-,19-,25-,26+,27+,28+,29+,30+,31+,32+,33+,34+,35+,36+,37+,38+,39+,40+,41-,42+,43-,44-,45-,46+,47+,48+,49+,50+,51+,52-,53-,54+,55-,56-,57+,58+,59+,60+,61+,62+,63-,64-,65+,66+,67+,68+,69+,70-,71-,72-,73-,74-,75-,76-/m0/s1. The summed E-state index contributed by atoms with van der Waals surface area (Å²) in [7, 11) is 0. The number of amides is 5. The molecule has 5 amide bonds. The third-order valence-electron chi connectivity index (χ3n) is 24.5. The SMILES string of the molecule is CC(=O)N[C@H]1[C@H](OC[C@@H](O)[C@H](O)[C@H](O[C@@H]2O[C@H](CO[C@@H]3O[C@H](CO)[C@@H](O[C@@H]4O[C@H](CO)[C@H](O)[C@H](O)[C@H]4O[C@@H]4O[C@@H](C)[C@@H](O)[C@@H](O)[C@@H]4O)[C@H](O)[C@H]3NC(C)=O)[C@H](O)[C@H](O[C@@H]3O[C@H](CO)[C@@H](O[C@@H]4O[C@H](CO)[C@H](O)[C@H](O)[C@H]4O[C@@H]4O[C@@H](C)[C@@H](O)[C@@H](O)[C@@H]4O)[C@H](O)[C@H]3NC(C)=O)[C@H]2O)[C@H](CO)NC(C)=O)O[C@H](CO)[C@@H](O[C@@H]2O[C@H](CO)[C@H](O[C@H]3O[C@H](CO)[C@@H](O)[C@H](O)[C@H]3NC(C)=O)[C@H](O)[C@H]2O)[C@@H]1O. The number of carbonyl (C=O) groups excluding carboxylic acids is 5. The van der Waals surface area contributed by atoms with E-state index in [1.807, 2.05) is 0 Å². The third-order valence-corrected chi connectivity index (χ3v) is 24.5. The normalized spacial score (nSPS) is 47.0. The van der Waals surface area contributed by atoms with Crippen molar-refractivity contribution in [2.75, 3.05) is 66.1 Å². The van der Waals surface area contributed by atoms with Crippen molar-refractivity contribution in [2.24, 2.45) is 0 Å². The van der Waals surface area contributed by atoms with Gasteiger partial charge in [0.05, 0.1) is 84.3 Å². The molecule has 34 N–H and O–H groups in total. The molecule has 0 aliphatic carbocycles. The molecule has 10 heterocycles. The topological polar surface area (TPSA) is 917 Å². The van der Waals surface area contributed by atoms with E-state index in [0.717, 1.165) is 34.6 Å². The molecule has 0 bridgehead atoms. The van der Waals surface area contributed by atoms with Crippen LogP contribution in [-0.4, -0.2) is 575 Å². The maximum absolute atomic E-state index is 13.3. The Kier molecular flexibility index (Phi) is 41.3. The second-order valence-electron chi connectivity index (χ2n) is 34.3. The Morgan fingerprint density at radius 3 is 0.963 bits per heavy atom. The quantitative estimate of drug-likeness (QED) is 0.0273. The molecule has 0 spiro atoms. The van der Waals surface area contributed by atoms with Crippen LogP contribution in [0.1, 0.15) is 48.5 Å². The molecule has 782 valence electrons. The van der Waals surface area contributed by atoms with Gasteiger partial charge < -0.3 is 269 Å². The molecule has 135 heavy (non-hydrogen) atoms. The van der Waals surface area contributed by atoms with Crippen LogP contribution in [0.4, 0.5) is 0 Å². The maximum Gasteiger partial charge on any atom is 0.217 e. The lowest BCUT2D eigenvalue weighted by molar-refractivity contribution is -0.390. The third kappa shape index (κ3) is 25.8. The van der Waals surface area contributed by atoms with E-state index in [1.165, 1.54) is 13.8 Å². The van der Waals surface area contributed by atoms with Crippen molar-refractivity contribution in [1.82, 2.24) is 26.6 Å². The second-order valence-corrected chi connectivity index (χ2v) is 34.3. The van der Waals surface area contributed by atoms with Crippen molar-refractivity contribution in [3.05, 3.63) is 0 Å². The van der Waals surface area contributed by atoms with Crippen molar-refractivity contribution in [2.45, 2.75) is 380 Å². The first-order valence-electron chi connectivity index (χ1n) is 43.3. The number of aliphatic hydroxyl groups excluding tert-OH is 29. The highest BCUT2D eigenvalue weighted by Crippen LogP contribution is 2.41. The molecule has 0 aromatic heterocycles. The first kappa shape index (κ1) is 112. The van der Waals surface area contributed by atoms with Crippen LogP contribution in [0.2, 0.25) is 0 Å². The van der Waals surface area contributed by atoms with E-state index < -0.39 is 427 Å². The van der Waals surface area contributed by atoms with E-state index in [4.69, 9.17) is 94.7 Å². The highest BCUT2D eigenvalue weighted by molar-refractivity contribution is 5.75. The van der Waals surface area contributed by atoms with E-state index in [1.54, 1.807) is 0 Å². The van der Waals surface area contributed by atoms with Gasteiger partial charge >= 0.3 is 0 Å². The number of hydrogen-bond acceptors (Lipinski definition) is 54. The predicted molar refractivity (Wildman–Crippen MR) is 420 cm³/mol. The summed E-state index contributed by atoms with van der Waals surface area (Å²) in [6, 6.07) is -9.60. The molecule has 10 rings (SSSR count). The minimum atomic E-state index is -2.66. The molecular weight excluding hydrogens is 1850 g/mol. The van der Waals surface area contributed by atoms with Gasteiger partial charge in [0.25, 0.3) is 0 Å². The van der Waals surface area contributed by atoms with Crippen LogP contribution in [0, 0.1) is 0 Å². The molecule has 10 saturated heterocycles. The molecule has 0 aromatic carbocycles. The summed E-state index contributed by atoms with van der Waals surface area (Å²) in [5.41, 5.74) is 0. The summed E-state index contributed by atoms with van der Waals surface area (Å²) in [5.74, 6) is -4.79. The molecular formula is C76H129N5O54. The van der Waals surface area contributed by atoms with Gasteiger partial charge in [-0.15, -0.1) is 0 Å². The minimum absolute atomic E-state index is 0.784. The lowest BCUT2D eigenvalue weighted by Gasteiger charge is -2.50. The van der Waals surface area contributed by atoms with Crippen molar-refractivity contribution < 1.29 is 267 Å². The molecule has 10 fully saturated rings. The smallest absolute Gasteiger partial charge is 0.217 e. The fraction of sp³-hybridized carbons (Fsp3) is 0.934. The monoisotopic (exact) mass is 1980 g/mol. The van der Waals surface area contributed by atoms with Gasteiger partial charge in [-0.2, -0.15) is 0 Å². The Morgan fingerprint density at radius 1 is 0.274 bits per heavy atom. The van der Waals surface area contributed by atoms with E-state index in [2.05, 4.69) is 26.6 Å². The summed E-state index contributed by atoms with van der Waals surface area (Å²) >= 11 is 0. The number of carbonyl (C=O) groups is 5. The number of ether oxygens (including phenoxy) is 20. The van der Waals surface area contributed by atoms with Crippen molar-refractivity contribution >= 4 is 29.5 Å². The molecule has 0 unspecified atom stereocenters. The van der Waals surface area contributed by atoms with Gasteiger partial charge in [0.2, 0.25) is 29.5 Å². The zero-order valence-corrected chi connectivity index (χ0v) is 73.4. The molecule has 0 radical (unpaired) electrons. The van der Waals surface area contributed by atoms with E-state index in [0.29, 0.717) is 0 Å². The Bertz CT molecular complexity index is 3690. The second kappa shape index (κ2) is 49.6. The lowest BCUT2D eigenvalue weighted by atomic mass is 9.94. The fourth-order valence-electron chi connectivity index (χ4n) is 17.2. The Balaban J connectivity index is 0.938. The summed E-state index contributed by atoms with van der Waals surface area (Å²) in [4.78, 5) is 64.8. The first-order chi connectivity index (χ1) is 63.7. The number of aliphatic hydroxyl groups is 29. The van der Waals surface area contributed by atoms with Crippen LogP contribution in [0.3, 0.4) is 0 Å². The highest BCUT2D eigenvalue weighted by Gasteiger charge is 2.62. The first-order valence-corrected chi connectivity index (χ1v) is 43.3. The van der Waals surface area contributed by atoms with Crippen LogP contribution >= 0.6 is 0 Å². The molecule has 0 aromatic rings. The Hall–Kier alpha value is -4.61. The number of nitrogens with one attached hydrogen (secondary N) is 5. The minimum Gasteiger partial charge on any atom is -0.394 e. The van der Waals surface area contributed by atoms with Gasteiger partial charge in [0.1, 0.15) is 250 Å². The molecule has 0 saturated carbocycles. The number of rotatable bonds is 38. The van der Waals surface area contributed by atoms with Crippen molar-refractivity contribution in [3.8, 4) is 0 Å². The average Bonchev–Trinajstić information content (AvgIpc) is 0.771. The van der Waals surface area contributed by atoms with Crippen LogP contribution in [0.15, 0.2) is 0 Å². The van der Waals surface area contributed by atoms with Gasteiger partial charge in [0.15, 0.2) is 62.9 Å². The molecule has 10 aliphatic heterocycles. The van der Waals surface area contributed by atoms with Gasteiger partial charge in [-0.3, -0.25) is 24.0 Å². The van der Waals surface area contributed by atoms with Gasteiger partial charge in [0, 0.05) is 34.6 Å². The van der Waals surface area contributed by atoms with Gasteiger partial charge in [-0.05, 0) is 13.8 Å². The van der Waals surface area contributed by atoms with E-state index in [-0.39, 0.29) is 0 Å². The van der Waals surface area contributed by atoms with Crippen LogP contribution in [0.5, 0.6) is 0 Å². The number of hydrogen-bond donors (Lipinski definition) is 34. The van der Waals surface area contributed by atoms with E-state index >= 15 is 0 Å². The summed E-state index contributed by atoms with van der Waals surface area (Å²) in [5, 5.41) is 337. The van der Waals surface area contributed by atoms with Gasteiger partial charge in [-0.25, -0.2) is 0 Å². The lowest BCUT2D eigenvalue weighted by Crippen LogP contribution is -2.70. The zero-order chi connectivity index (χ0) is 99.8. The maximum atomic E-state index is 13.3. The molecule has 59 heteroatoms. The van der Waals surface area contributed by atoms with E-state index in [9.17, 15) is 172 Å². The van der Waals surface area contributed by atoms with Crippen LogP contribution in [0.25, 0.3) is 0 Å². The predicted octanol–water partition coefficient (Wildman–Crippen LogP) is -22.6. The average molecular weight is 1980 g/mol. The highest BCUT2D eigenvalue weighted by atomic mass is 16.8. The van der Waals surface area contributed by atoms with Gasteiger partial charge in [-0.1, -0.05) is 0 Å². The molecule has 10 aliphatic rings. The van der Waals surface area contributed by atoms with Crippen molar-refractivity contribution in [1.29, 1.82) is 0 Å². The fourth-order valence-corrected chi connectivity index (χ4v) is 17.2. The molecule has 59 nitrogen and oxygen atoms in total. The Morgan fingerprint density at radius 2 is 0.570 bits per heavy atom. The summed E-state index contributed by atoms with van der Waals surface area (Å²) in [6.45, 7) is -4.36. The molecule has 54 atom stereocenters. The van der Waals surface area contributed by atoms with Crippen LogP contribution in [-0.2, 0) is 119 Å². The summed E-state index contributed by atoms with van der Waals surface area (Å²) < 4.78 is 118. The van der Waals surface area contributed by atoms with Crippen LogP contribution < -0.4 is 26.6 Å². The Labute approximate surface area is 766 Å². The van der Waals surface area contributed by atoms with Crippen molar-refractivity contribution in [3.63, 3.8) is 0 Å². The summed E-state index contributed by atoms with van der Waals surface area (Å²) in [6.07, 6.45) is -101. The largest absolute Gasteiger partial charge is 0.394 e. The zero-order valence-electron chi connectivity index (χ0n) is 73.4.